The van der Waals surface area contributed by atoms with E-state index in [2.05, 4.69) is 10.3 Å². The largest absolute Gasteiger partial charge is 0.348 e. The van der Waals surface area contributed by atoms with Gasteiger partial charge in [0.2, 0.25) is 0 Å². The Morgan fingerprint density at radius 1 is 1.19 bits per heavy atom. The molecule has 0 unspecified atom stereocenters. The molecule has 0 saturated carbocycles. The predicted octanol–water partition coefficient (Wildman–Crippen LogP) is 5.29. The molecule has 1 amide bonds. The number of hydrogen-bond donors (Lipinski definition) is 2. The summed E-state index contributed by atoms with van der Waals surface area (Å²) >= 11 is 5.25. The topological polar surface area (TPSA) is 68.7 Å². The lowest BCUT2D eigenvalue weighted by atomic mass is 9.94. The smallest absolute Gasteiger partial charge is 0.258 e. The zero-order valence-corrected chi connectivity index (χ0v) is 15.6. The molecule has 0 spiro atoms. The van der Waals surface area contributed by atoms with E-state index in [1.54, 1.807) is 19.1 Å². The number of para-hydroxylation sites is 1. The molecule has 3 rings (SSSR count). The second-order valence-electron chi connectivity index (χ2n) is 6.10. The molecule has 2 aromatic carbocycles. The van der Waals surface area contributed by atoms with E-state index in [4.69, 9.17) is 12.2 Å². The second kappa shape index (κ2) is 7.52. The zero-order valence-electron chi connectivity index (χ0n) is 14.8. The number of amides is 1. The van der Waals surface area contributed by atoms with Gasteiger partial charge in [0, 0.05) is 16.9 Å². The summed E-state index contributed by atoms with van der Waals surface area (Å²) in [6.07, 6.45) is 0. The molecule has 0 aliphatic carbocycles. The molecule has 1 aromatic heterocycles. The van der Waals surface area contributed by atoms with Gasteiger partial charge in [0.15, 0.2) is 0 Å². The van der Waals surface area contributed by atoms with E-state index in [1.807, 2.05) is 31.2 Å². The SMILES string of the molecule is Cc1ccccc1NC(=O)c1c(C)[nH]c(=S)c(C#N)c1-c1cccc(F)c1. The van der Waals surface area contributed by atoms with Crippen LogP contribution in [0.3, 0.4) is 0 Å². The van der Waals surface area contributed by atoms with E-state index >= 15 is 0 Å². The van der Waals surface area contributed by atoms with Crippen LogP contribution in [0, 0.1) is 35.6 Å². The van der Waals surface area contributed by atoms with Crippen molar-refractivity contribution in [2.45, 2.75) is 13.8 Å². The third-order valence-electron chi connectivity index (χ3n) is 4.25. The van der Waals surface area contributed by atoms with Gasteiger partial charge in [0.1, 0.15) is 16.5 Å². The number of nitriles is 1. The van der Waals surface area contributed by atoms with Gasteiger partial charge in [-0.25, -0.2) is 4.39 Å². The first-order valence-electron chi connectivity index (χ1n) is 8.22. The minimum absolute atomic E-state index is 0.135. The number of rotatable bonds is 3. The third kappa shape index (κ3) is 3.64. The molecule has 6 heteroatoms. The predicted molar refractivity (Wildman–Crippen MR) is 106 cm³/mol. The van der Waals surface area contributed by atoms with Crippen molar-refractivity contribution in [3.05, 3.63) is 81.4 Å². The van der Waals surface area contributed by atoms with Crippen molar-refractivity contribution in [1.82, 2.24) is 4.98 Å². The van der Waals surface area contributed by atoms with Crippen LogP contribution in [0.4, 0.5) is 10.1 Å². The van der Waals surface area contributed by atoms with Crippen LogP contribution in [-0.2, 0) is 0 Å². The van der Waals surface area contributed by atoms with E-state index in [1.165, 1.54) is 18.2 Å². The van der Waals surface area contributed by atoms with Gasteiger partial charge in [0.05, 0.1) is 11.1 Å². The maximum absolute atomic E-state index is 13.8. The molecule has 2 N–H and O–H groups in total. The first-order chi connectivity index (χ1) is 12.9. The first kappa shape index (κ1) is 18.5. The molecular formula is C21H16FN3OS. The van der Waals surface area contributed by atoms with Crippen molar-refractivity contribution in [3.63, 3.8) is 0 Å². The number of hydrogen-bond acceptors (Lipinski definition) is 3. The lowest BCUT2D eigenvalue weighted by Gasteiger charge is -2.16. The fourth-order valence-corrected chi connectivity index (χ4v) is 3.24. The van der Waals surface area contributed by atoms with Crippen molar-refractivity contribution >= 4 is 23.8 Å². The Labute approximate surface area is 161 Å². The average Bonchev–Trinajstić information content (AvgIpc) is 2.63. The lowest BCUT2D eigenvalue weighted by Crippen LogP contribution is -2.17. The molecule has 1 heterocycles. The maximum Gasteiger partial charge on any atom is 0.258 e. The monoisotopic (exact) mass is 377 g/mol. The fourth-order valence-electron chi connectivity index (χ4n) is 2.94. The number of aromatic nitrogens is 1. The van der Waals surface area contributed by atoms with E-state index in [9.17, 15) is 14.4 Å². The van der Waals surface area contributed by atoms with Gasteiger partial charge in [-0.15, -0.1) is 0 Å². The highest BCUT2D eigenvalue weighted by Gasteiger charge is 2.22. The number of halogens is 1. The van der Waals surface area contributed by atoms with Gasteiger partial charge in [-0.1, -0.05) is 42.5 Å². The average molecular weight is 377 g/mol. The van der Waals surface area contributed by atoms with E-state index < -0.39 is 11.7 Å². The van der Waals surface area contributed by atoms with E-state index in [0.29, 0.717) is 22.5 Å². The molecule has 3 aromatic rings. The second-order valence-corrected chi connectivity index (χ2v) is 6.50. The molecular weight excluding hydrogens is 361 g/mol. The highest BCUT2D eigenvalue weighted by Crippen LogP contribution is 2.31. The molecule has 4 nitrogen and oxygen atoms in total. The van der Waals surface area contributed by atoms with Crippen LogP contribution in [0.2, 0.25) is 0 Å². The summed E-state index contributed by atoms with van der Waals surface area (Å²) in [6, 6.07) is 15.2. The van der Waals surface area contributed by atoms with E-state index in [-0.39, 0.29) is 15.8 Å². The molecule has 27 heavy (non-hydrogen) atoms. The Balaban J connectivity index is 2.23. The minimum Gasteiger partial charge on any atom is -0.348 e. The Hall–Kier alpha value is -3.30. The number of aromatic amines is 1. The number of nitrogens with one attached hydrogen (secondary N) is 2. The van der Waals surface area contributed by atoms with Crippen LogP contribution < -0.4 is 5.32 Å². The van der Waals surface area contributed by atoms with Crippen LogP contribution >= 0.6 is 12.2 Å². The summed E-state index contributed by atoms with van der Waals surface area (Å²) < 4.78 is 14.0. The molecule has 0 fully saturated rings. The highest BCUT2D eigenvalue weighted by molar-refractivity contribution is 7.71. The number of H-pyrrole nitrogens is 1. The molecule has 0 aliphatic heterocycles. The first-order valence-corrected chi connectivity index (χ1v) is 8.63. The number of benzene rings is 2. The normalized spacial score (nSPS) is 10.3. The van der Waals surface area contributed by atoms with Crippen molar-refractivity contribution in [2.24, 2.45) is 0 Å². The van der Waals surface area contributed by atoms with Crippen LogP contribution in [0.5, 0.6) is 0 Å². The van der Waals surface area contributed by atoms with Gasteiger partial charge < -0.3 is 10.3 Å². The Morgan fingerprint density at radius 3 is 2.59 bits per heavy atom. The molecule has 0 saturated heterocycles. The summed E-state index contributed by atoms with van der Waals surface area (Å²) in [6.45, 7) is 3.58. The lowest BCUT2D eigenvalue weighted by molar-refractivity contribution is 0.102. The number of pyridine rings is 1. The minimum atomic E-state index is -0.460. The summed E-state index contributed by atoms with van der Waals surface area (Å²) in [5.74, 6) is -0.859. The molecule has 0 bridgehead atoms. The van der Waals surface area contributed by atoms with Gasteiger partial charge >= 0.3 is 0 Å². The Kier molecular flexibility index (Phi) is 5.15. The summed E-state index contributed by atoms with van der Waals surface area (Å²) in [5.41, 5.74) is 3.21. The van der Waals surface area contributed by atoms with Gasteiger partial charge in [-0.05, 0) is 43.2 Å². The van der Waals surface area contributed by atoms with Gasteiger partial charge in [-0.3, -0.25) is 4.79 Å². The maximum atomic E-state index is 13.8. The number of carbonyl (C=O) groups excluding carboxylic acids is 1. The Morgan fingerprint density at radius 2 is 1.93 bits per heavy atom. The van der Waals surface area contributed by atoms with Crippen molar-refractivity contribution in [2.75, 3.05) is 5.32 Å². The van der Waals surface area contributed by atoms with Crippen LogP contribution in [-0.4, -0.2) is 10.9 Å². The van der Waals surface area contributed by atoms with E-state index in [0.717, 1.165) is 5.56 Å². The number of nitrogens with zero attached hydrogens (tertiary/aromatic N) is 1. The summed E-state index contributed by atoms with van der Waals surface area (Å²) in [5, 5.41) is 12.5. The molecule has 0 aliphatic rings. The highest BCUT2D eigenvalue weighted by atomic mass is 32.1. The zero-order chi connectivity index (χ0) is 19.6. The van der Waals surface area contributed by atoms with Gasteiger partial charge in [0.25, 0.3) is 5.91 Å². The third-order valence-corrected chi connectivity index (χ3v) is 4.55. The standard InChI is InChI=1S/C21H16FN3OS/c1-12-6-3-4-9-17(12)25-20(26)18-13(2)24-21(27)16(11-23)19(18)14-7-5-8-15(22)10-14/h3-10H,1-2H3,(H,24,27)(H,25,26). The quantitative estimate of drug-likeness (QED) is 0.609. The van der Waals surface area contributed by atoms with Crippen LogP contribution in [0.25, 0.3) is 11.1 Å². The molecule has 134 valence electrons. The molecule has 0 radical (unpaired) electrons. The van der Waals surface area contributed by atoms with Crippen molar-refractivity contribution < 1.29 is 9.18 Å². The van der Waals surface area contributed by atoms with Crippen LogP contribution in [0.1, 0.15) is 27.2 Å². The van der Waals surface area contributed by atoms with Crippen LogP contribution in [0.15, 0.2) is 48.5 Å². The summed E-state index contributed by atoms with van der Waals surface area (Å²) in [7, 11) is 0. The van der Waals surface area contributed by atoms with Crippen molar-refractivity contribution in [1.29, 1.82) is 5.26 Å². The molecule has 0 atom stereocenters. The van der Waals surface area contributed by atoms with Crippen molar-refractivity contribution in [3.8, 4) is 17.2 Å². The Bertz CT molecular complexity index is 1140. The fraction of sp³-hybridized carbons (Fsp3) is 0.0952. The number of aryl methyl sites for hydroxylation is 2. The summed E-state index contributed by atoms with van der Waals surface area (Å²) in [4.78, 5) is 16.0. The van der Waals surface area contributed by atoms with Gasteiger partial charge in [-0.2, -0.15) is 5.26 Å². The number of anilines is 1. The number of carbonyl (C=O) groups is 1.